The van der Waals surface area contributed by atoms with Gasteiger partial charge in [-0.2, -0.15) is 0 Å². The molecule has 3 rings (SSSR count). The van der Waals surface area contributed by atoms with Gasteiger partial charge in [-0.05, 0) is 57.9 Å². The molecule has 1 unspecified atom stereocenters. The normalized spacial score (nSPS) is 19.7. The predicted octanol–water partition coefficient (Wildman–Crippen LogP) is 3.84. The second kappa shape index (κ2) is 7.68. The first-order valence-corrected chi connectivity index (χ1v) is 9.89. The molecule has 2 heterocycles. The highest BCUT2D eigenvalue weighted by Crippen LogP contribution is 2.34. The summed E-state index contributed by atoms with van der Waals surface area (Å²) in [5.74, 6) is -0.183. The largest absolute Gasteiger partial charge is 0.494 e. The summed E-state index contributed by atoms with van der Waals surface area (Å²) in [7, 11) is 0. The number of nitrogens with zero attached hydrogens (tertiary/aromatic N) is 2. The minimum absolute atomic E-state index is 0.130. The van der Waals surface area contributed by atoms with E-state index in [0.29, 0.717) is 36.6 Å². The first-order chi connectivity index (χ1) is 12.8. The first kappa shape index (κ1) is 19.4. The van der Waals surface area contributed by atoms with Crippen molar-refractivity contribution in [1.29, 1.82) is 0 Å². The molecule has 1 fully saturated rings. The Bertz CT molecular complexity index is 846. The number of aromatic nitrogens is 1. The van der Waals surface area contributed by atoms with Crippen LogP contribution >= 0.6 is 11.3 Å². The maximum Gasteiger partial charge on any atom is 0.311 e. The van der Waals surface area contributed by atoms with Crippen LogP contribution in [0.15, 0.2) is 24.3 Å². The second-order valence-electron chi connectivity index (χ2n) is 7.09. The van der Waals surface area contributed by atoms with Crippen LogP contribution in [0.25, 0.3) is 10.6 Å². The number of ether oxygens (including phenoxy) is 1. The lowest BCUT2D eigenvalue weighted by Crippen LogP contribution is -2.48. The lowest BCUT2D eigenvalue weighted by molar-refractivity contribution is -0.150. The Labute approximate surface area is 162 Å². The van der Waals surface area contributed by atoms with Gasteiger partial charge in [-0.15, -0.1) is 11.3 Å². The van der Waals surface area contributed by atoms with E-state index < -0.39 is 11.4 Å². The smallest absolute Gasteiger partial charge is 0.311 e. The third-order valence-corrected chi connectivity index (χ3v) is 6.10. The zero-order valence-electron chi connectivity index (χ0n) is 15.8. The van der Waals surface area contributed by atoms with Crippen molar-refractivity contribution in [2.24, 2.45) is 5.41 Å². The standard InChI is InChI=1S/C20H24N2O4S/c1-4-26-15-8-6-14(7-9-15)17-21-13(2)16(27-17)18(23)22-11-5-10-20(3,12-22)19(24)25/h6-9H,4-5,10-12H2,1-3H3,(H,24,25). The fraction of sp³-hybridized carbons (Fsp3) is 0.450. The molecule has 1 aromatic carbocycles. The fourth-order valence-corrected chi connectivity index (χ4v) is 4.35. The van der Waals surface area contributed by atoms with Gasteiger partial charge < -0.3 is 14.7 Å². The zero-order valence-corrected chi connectivity index (χ0v) is 16.6. The first-order valence-electron chi connectivity index (χ1n) is 9.07. The molecule has 144 valence electrons. The molecular weight excluding hydrogens is 364 g/mol. The molecule has 0 bridgehead atoms. The van der Waals surface area contributed by atoms with E-state index >= 15 is 0 Å². The van der Waals surface area contributed by atoms with Gasteiger partial charge in [0.05, 0.1) is 17.7 Å². The summed E-state index contributed by atoms with van der Waals surface area (Å²) < 4.78 is 5.46. The van der Waals surface area contributed by atoms with Crippen molar-refractivity contribution in [2.45, 2.75) is 33.6 Å². The summed E-state index contributed by atoms with van der Waals surface area (Å²) in [5, 5.41) is 10.3. The van der Waals surface area contributed by atoms with E-state index in [0.717, 1.165) is 16.3 Å². The maximum absolute atomic E-state index is 13.0. The van der Waals surface area contributed by atoms with Crippen LogP contribution in [0.2, 0.25) is 0 Å². The van der Waals surface area contributed by atoms with Crippen LogP contribution in [-0.4, -0.2) is 46.6 Å². The molecule has 6 nitrogen and oxygen atoms in total. The maximum atomic E-state index is 13.0. The van der Waals surface area contributed by atoms with E-state index in [2.05, 4.69) is 4.98 Å². The molecule has 7 heteroatoms. The average Bonchev–Trinajstić information content (AvgIpc) is 3.03. The highest BCUT2D eigenvalue weighted by molar-refractivity contribution is 7.17. The molecule has 1 amide bonds. The molecular formula is C20H24N2O4S. The fourth-order valence-electron chi connectivity index (χ4n) is 3.31. The summed E-state index contributed by atoms with van der Waals surface area (Å²) >= 11 is 1.35. The minimum atomic E-state index is -0.884. The summed E-state index contributed by atoms with van der Waals surface area (Å²) in [6.45, 7) is 6.89. The molecule has 1 atom stereocenters. The number of thiazole rings is 1. The van der Waals surface area contributed by atoms with Gasteiger partial charge in [-0.3, -0.25) is 9.59 Å². The van der Waals surface area contributed by atoms with Gasteiger partial charge in [0.25, 0.3) is 5.91 Å². The Balaban J connectivity index is 1.81. The Morgan fingerprint density at radius 2 is 2.04 bits per heavy atom. The summed E-state index contributed by atoms with van der Waals surface area (Å²) in [6.07, 6.45) is 1.28. The molecule has 0 spiro atoms. The van der Waals surface area contributed by atoms with Crippen LogP contribution in [-0.2, 0) is 4.79 Å². The zero-order chi connectivity index (χ0) is 19.6. The van der Waals surface area contributed by atoms with Gasteiger partial charge >= 0.3 is 5.97 Å². The summed E-state index contributed by atoms with van der Waals surface area (Å²) in [6, 6.07) is 7.64. The van der Waals surface area contributed by atoms with Crippen LogP contribution in [0.3, 0.4) is 0 Å². The van der Waals surface area contributed by atoms with Crippen LogP contribution in [0, 0.1) is 12.3 Å². The minimum Gasteiger partial charge on any atom is -0.494 e. The van der Waals surface area contributed by atoms with E-state index in [1.54, 1.807) is 11.8 Å². The van der Waals surface area contributed by atoms with Gasteiger partial charge in [-0.25, -0.2) is 4.98 Å². The number of rotatable bonds is 5. The number of carbonyl (C=O) groups excluding carboxylic acids is 1. The van der Waals surface area contributed by atoms with Crippen molar-refractivity contribution in [3.63, 3.8) is 0 Å². The monoisotopic (exact) mass is 388 g/mol. The van der Waals surface area contributed by atoms with E-state index in [9.17, 15) is 14.7 Å². The van der Waals surface area contributed by atoms with Gasteiger partial charge in [0.2, 0.25) is 0 Å². The van der Waals surface area contributed by atoms with Crippen molar-refractivity contribution in [3.05, 3.63) is 34.8 Å². The van der Waals surface area contributed by atoms with Gasteiger partial charge in [0.1, 0.15) is 15.6 Å². The molecule has 0 saturated carbocycles. The number of likely N-dealkylation sites (tertiary alicyclic amines) is 1. The van der Waals surface area contributed by atoms with E-state index in [4.69, 9.17) is 4.74 Å². The summed E-state index contributed by atoms with van der Waals surface area (Å²) in [4.78, 5) is 31.3. The van der Waals surface area contributed by atoms with Crippen molar-refractivity contribution < 1.29 is 19.4 Å². The molecule has 1 aliphatic heterocycles. The Morgan fingerprint density at radius 3 is 2.67 bits per heavy atom. The topological polar surface area (TPSA) is 79.7 Å². The SMILES string of the molecule is CCOc1ccc(-c2nc(C)c(C(=O)N3CCCC(C)(C(=O)O)C3)s2)cc1. The lowest BCUT2D eigenvalue weighted by Gasteiger charge is -2.37. The number of benzene rings is 1. The molecule has 1 saturated heterocycles. The molecule has 1 aliphatic rings. The van der Waals surface area contributed by atoms with Gasteiger partial charge in [0, 0.05) is 18.7 Å². The van der Waals surface area contributed by atoms with Gasteiger partial charge in [0.15, 0.2) is 0 Å². The van der Waals surface area contributed by atoms with Crippen molar-refractivity contribution >= 4 is 23.2 Å². The second-order valence-corrected chi connectivity index (χ2v) is 8.09. The van der Waals surface area contributed by atoms with Crippen LogP contribution in [0.5, 0.6) is 5.75 Å². The number of aliphatic carboxylic acids is 1. The molecule has 0 radical (unpaired) electrons. The highest BCUT2D eigenvalue weighted by Gasteiger charge is 2.40. The average molecular weight is 388 g/mol. The van der Waals surface area contributed by atoms with Crippen molar-refractivity contribution in [3.8, 4) is 16.3 Å². The number of hydrogen-bond donors (Lipinski definition) is 1. The van der Waals surface area contributed by atoms with Crippen LogP contribution in [0.1, 0.15) is 42.1 Å². The Morgan fingerprint density at radius 1 is 1.33 bits per heavy atom. The third-order valence-electron chi connectivity index (χ3n) is 4.90. The summed E-state index contributed by atoms with van der Waals surface area (Å²) in [5.41, 5.74) is 0.723. The van der Waals surface area contributed by atoms with Crippen LogP contribution in [0.4, 0.5) is 0 Å². The predicted molar refractivity (Wildman–Crippen MR) is 104 cm³/mol. The van der Waals surface area contributed by atoms with E-state index in [1.807, 2.05) is 38.1 Å². The van der Waals surface area contributed by atoms with Crippen molar-refractivity contribution in [2.75, 3.05) is 19.7 Å². The Kier molecular flexibility index (Phi) is 5.51. The van der Waals surface area contributed by atoms with Crippen LogP contribution < -0.4 is 4.74 Å². The number of carbonyl (C=O) groups is 2. The highest BCUT2D eigenvalue weighted by atomic mass is 32.1. The number of aryl methyl sites for hydroxylation is 1. The molecule has 1 aromatic heterocycles. The third kappa shape index (κ3) is 3.98. The van der Waals surface area contributed by atoms with E-state index in [-0.39, 0.29) is 12.5 Å². The molecule has 1 N–H and O–H groups in total. The molecule has 27 heavy (non-hydrogen) atoms. The number of carboxylic acids is 1. The van der Waals surface area contributed by atoms with Crippen molar-refractivity contribution in [1.82, 2.24) is 9.88 Å². The lowest BCUT2D eigenvalue weighted by atomic mass is 9.82. The quantitative estimate of drug-likeness (QED) is 0.842. The van der Waals surface area contributed by atoms with Gasteiger partial charge in [-0.1, -0.05) is 0 Å². The number of carboxylic acid groups (broad SMARTS) is 1. The molecule has 0 aliphatic carbocycles. The number of piperidine rings is 1. The number of amides is 1. The van der Waals surface area contributed by atoms with E-state index in [1.165, 1.54) is 11.3 Å². The number of hydrogen-bond acceptors (Lipinski definition) is 5. The molecule has 2 aromatic rings. The Hall–Kier alpha value is -2.41.